The molecule has 0 aliphatic rings. The van der Waals surface area contributed by atoms with E-state index in [4.69, 9.17) is 4.74 Å². The summed E-state index contributed by atoms with van der Waals surface area (Å²) in [6, 6.07) is 5.74. The minimum absolute atomic E-state index is 0.177. The zero-order valence-corrected chi connectivity index (χ0v) is 16.5. The predicted molar refractivity (Wildman–Crippen MR) is 101 cm³/mol. The fourth-order valence-electron chi connectivity index (χ4n) is 3.05. The zero-order valence-electron chi connectivity index (χ0n) is 16.5. The zero-order chi connectivity index (χ0) is 23.6. The highest BCUT2D eigenvalue weighted by Crippen LogP contribution is 2.33. The predicted octanol–water partition coefficient (Wildman–Crippen LogP) is 6.51. The van der Waals surface area contributed by atoms with Crippen molar-refractivity contribution < 1.29 is 45.0 Å². The molecule has 0 heterocycles. The highest BCUT2D eigenvalue weighted by Gasteiger charge is 2.30. The second-order valence-corrected chi connectivity index (χ2v) is 6.86. The van der Waals surface area contributed by atoms with Crippen LogP contribution in [-0.4, -0.2) is 18.8 Å². The molecule has 0 N–H and O–H groups in total. The van der Waals surface area contributed by atoms with Crippen LogP contribution in [0.15, 0.2) is 36.4 Å². The molecule has 0 aromatic heterocycles. The number of hydrogen-bond acceptors (Lipinski definition) is 3. The number of ether oxygens (including phenoxy) is 2. The lowest BCUT2D eigenvalue weighted by molar-refractivity contribution is -0.154. The molecular formula is C22H15F7O3. The summed E-state index contributed by atoms with van der Waals surface area (Å²) in [7, 11) is 0. The van der Waals surface area contributed by atoms with E-state index in [2.05, 4.69) is 4.74 Å². The minimum atomic E-state index is -4.80. The van der Waals surface area contributed by atoms with Crippen LogP contribution in [0.5, 0.6) is 11.5 Å². The molecule has 10 heteroatoms. The monoisotopic (exact) mass is 460 g/mol. The van der Waals surface area contributed by atoms with E-state index >= 15 is 0 Å². The van der Waals surface area contributed by atoms with E-state index in [9.17, 15) is 35.5 Å². The summed E-state index contributed by atoms with van der Waals surface area (Å²) in [4.78, 5) is 12.3. The van der Waals surface area contributed by atoms with Crippen molar-refractivity contribution in [3.8, 4) is 11.5 Å². The lowest BCUT2D eigenvalue weighted by Gasteiger charge is -2.13. The van der Waals surface area contributed by atoms with Gasteiger partial charge in [-0.3, -0.25) is 0 Å². The third kappa shape index (κ3) is 5.12. The van der Waals surface area contributed by atoms with E-state index in [0.717, 1.165) is 30.3 Å². The fraction of sp³-hybridized carbons (Fsp3) is 0.227. The molecule has 0 radical (unpaired) electrons. The van der Waals surface area contributed by atoms with Gasteiger partial charge in [0.1, 0.15) is 22.9 Å². The first-order chi connectivity index (χ1) is 15.0. The number of halogens is 7. The third-order valence-corrected chi connectivity index (χ3v) is 4.39. The number of fused-ring (bicyclic) bond motifs is 1. The number of alkyl halides is 3. The van der Waals surface area contributed by atoms with Crippen molar-refractivity contribution in [2.75, 3.05) is 6.61 Å². The lowest BCUT2D eigenvalue weighted by atomic mass is 10.1. The van der Waals surface area contributed by atoms with Crippen LogP contribution in [-0.2, 0) is 6.42 Å². The van der Waals surface area contributed by atoms with E-state index in [-0.39, 0.29) is 16.5 Å². The second kappa shape index (κ2) is 9.05. The van der Waals surface area contributed by atoms with E-state index < -0.39 is 53.3 Å². The van der Waals surface area contributed by atoms with E-state index in [1.807, 2.05) is 6.92 Å². The Morgan fingerprint density at radius 2 is 1.59 bits per heavy atom. The van der Waals surface area contributed by atoms with Gasteiger partial charge in [-0.2, -0.15) is 13.2 Å². The van der Waals surface area contributed by atoms with Gasteiger partial charge in [-0.05, 0) is 53.8 Å². The first kappa shape index (κ1) is 23.4. The van der Waals surface area contributed by atoms with Crippen LogP contribution < -0.4 is 9.47 Å². The molecule has 3 aromatic rings. The number of benzene rings is 3. The molecule has 0 fully saturated rings. The van der Waals surface area contributed by atoms with Gasteiger partial charge < -0.3 is 9.47 Å². The van der Waals surface area contributed by atoms with Gasteiger partial charge in [0.2, 0.25) is 0 Å². The van der Waals surface area contributed by atoms with Crippen LogP contribution >= 0.6 is 0 Å². The van der Waals surface area contributed by atoms with Gasteiger partial charge in [0.05, 0.1) is 0 Å². The number of aryl methyl sites for hydroxylation is 1. The molecule has 0 aliphatic heterocycles. The Bertz CT molecular complexity index is 1150. The maximum Gasteiger partial charge on any atom is 0.422 e. The van der Waals surface area contributed by atoms with Crippen LogP contribution in [0.25, 0.3) is 10.8 Å². The van der Waals surface area contributed by atoms with E-state index in [0.29, 0.717) is 24.5 Å². The van der Waals surface area contributed by atoms with Crippen LogP contribution in [0.4, 0.5) is 30.7 Å². The fourth-order valence-corrected chi connectivity index (χ4v) is 3.05. The summed E-state index contributed by atoms with van der Waals surface area (Å²) in [5.74, 6) is -7.91. The Hall–Kier alpha value is -3.30. The minimum Gasteiger partial charge on any atom is -0.478 e. The van der Waals surface area contributed by atoms with E-state index in [1.165, 1.54) is 0 Å². The smallest absolute Gasteiger partial charge is 0.422 e. The molecule has 3 nitrogen and oxygen atoms in total. The summed E-state index contributed by atoms with van der Waals surface area (Å²) < 4.78 is 103. The standard InChI is InChI=1S/C22H15F7O3/c1-2-3-11-6-15(23)18(16(24)7-11)21(30)32-13-4-5-14-12(8-13)9-17(25)20(19(14)26)31-10-22(27,28)29/h4-9H,2-3,10H2,1H3. The maximum absolute atomic E-state index is 14.4. The van der Waals surface area contributed by atoms with Crippen molar-refractivity contribution in [1.82, 2.24) is 0 Å². The molecule has 0 aliphatic carbocycles. The second-order valence-electron chi connectivity index (χ2n) is 6.86. The summed E-state index contributed by atoms with van der Waals surface area (Å²) in [5, 5.41) is -0.492. The van der Waals surface area contributed by atoms with Crippen LogP contribution in [0.1, 0.15) is 29.3 Å². The molecule has 0 atom stereocenters. The van der Waals surface area contributed by atoms with Crippen LogP contribution in [0, 0.1) is 23.3 Å². The Balaban J connectivity index is 1.89. The first-order valence-electron chi connectivity index (χ1n) is 9.31. The number of rotatable bonds is 6. The normalized spacial score (nSPS) is 11.6. The first-order valence-corrected chi connectivity index (χ1v) is 9.31. The van der Waals surface area contributed by atoms with Gasteiger partial charge in [-0.1, -0.05) is 13.3 Å². The number of carbonyl (C=O) groups excluding carboxylic acids is 1. The third-order valence-electron chi connectivity index (χ3n) is 4.39. The van der Waals surface area contributed by atoms with Crippen molar-refractivity contribution in [2.24, 2.45) is 0 Å². The lowest BCUT2D eigenvalue weighted by Crippen LogP contribution is -2.20. The summed E-state index contributed by atoms with van der Waals surface area (Å²) in [6.45, 7) is -0.0784. The number of hydrogen-bond donors (Lipinski definition) is 0. The van der Waals surface area contributed by atoms with Gasteiger partial charge >= 0.3 is 12.1 Å². The molecule has 0 bridgehead atoms. The van der Waals surface area contributed by atoms with Gasteiger partial charge in [-0.15, -0.1) is 0 Å². The summed E-state index contributed by atoms with van der Waals surface area (Å²) >= 11 is 0. The Labute approximate surface area is 177 Å². The van der Waals surface area contributed by atoms with Gasteiger partial charge in [0.25, 0.3) is 0 Å². The molecule has 32 heavy (non-hydrogen) atoms. The van der Waals surface area contributed by atoms with Gasteiger partial charge in [0.15, 0.2) is 24.0 Å². The van der Waals surface area contributed by atoms with Crippen LogP contribution in [0.2, 0.25) is 0 Å². The number of esters is 1. The largest absolute Gasteiger partial charge is 0.478 e. The van der Waals surface area contributed by atoms with E-state index in [1.54, 1.807) is 0 Å². The summed E-state index contributed by atoms with van der Waals surface area (Å²) in [5.41, 5.74) is -0.572. The molecular weight excluding hydrogens is 445 g/mol. The van der Waals surface area contributed by atoms with Crippen molar-refractivity contribution in [3.63, 3.8) is 0 Å². The van der Waals surface area contributed by atoms with Gasteiger partial charge in [-0.25, -0.2) is 22.4 Å². The molecule has 0 unspecified atom stereocenters. The quantitative estimate of drug-likeness (QED) is 0.239. The average Bonchev–Trinajstić information content (AvgIpc) is 2.66. The molecule has 0 amide bonds. The molecule has 0 saturated carbocycles. The van der Waals surface area contributed by atoms with Crippen molar-refractivity contribution >= 4 is 16.7 Å². The highest BCUT2D eigenvalue weighted by molar-refractivity contribution is 5.93. The van der Waals surface area contributed by atoms with Crippen molar-refractivity contribution in [2.45, 2.75) is 25.9 Å². The average molecular weight is 460 g/mol. The molecule has 0 spiro atoms. The van der Waals surface area contributed by atoms with Crippen molar-refractivity contribution in [1.29, 1.82) is 0 Å². The Kier molecular flexibility index (Phi) is 6.61. The van der Waals surface area contributed by atoms with Crippen LogP contribution in [0.3, 0.4) is 0 Å². The maximum atomic E-state index is 14.4. The Morgan fingerprint density at radius 3 is 2.19 bits per heavy atom. The highest BCUT2D eigenvalue weighted by atomic mass is 19.4. The SMILES string of the molecule is CCCc1cc(F)c(C(=O)Oc2ccc3c(F)c(OCC(F)(F)F)c(F)cc3c2)c(F)c1. The molecule has 3 rings (SSSR count). The molecule has 170 valence electrons. The number of carbonyl (C=O) groups is 1. The summed E-state index contributed by atoms with van der Waals surface area (Å²) in [6.07, 6.45) is -3.76. The Morgan fingerprint density at radius 1 is 0.938 bits per heavy atom. The molecule has 0 saturated heterocycles. The van der Waals surface area contributed by atoms with Crippen molar-refractivity contribution in [3.05, 3.63) is 70.8 Å². The topological polar surface area (TPSA) is 35.5 Å². The molecule has 3 aromatic carbocycles. The van der Waals surface area contributed by atoms with Gasteiger partial charge in [0, 0.05) is 5.39 Å².